The minimum Gasteiger partial charge on any atom is -0.475 e. The molecule has 0 saturated carbocycles. The first kappa shape index (κ1) is 40.1. The Balaban J connectivity index is 0.00000114. The third-order valence-electron chi connectivity index (χ3n) is 5.39. The molecule has 2 atom stereocenters. The standard InChI is InChI=1S/C22H30N6O3.2C2HF3O2/c1-14-16(8-11-19(24)27-14)13-26-22(31)18(10-12-20(25)29)28-21(30)17(23)9-7-15-5-3-2-4-6-15;2*3-2(4,5)1(6)7/h2-6,8,11,17-18H,7,9-10,12-13,23H2,1H3,(H2,24,27)(H2,25,29)(H,26,31)(H,28,30);2*(H,6,7)/t17-,18+;;/m1../s1. The molecule has 0 aliphatic carbocycles. The number of nitrogens with one attached hydrogen (secondary N) is 2. The van der Waals surface area contributed by atoms with E-state index in [9.17, 15) is 40.7 Å². The lowest BCUT2D eigenvalue weighted by Crippen LogP contribution is -2.51. The molecule has 250 valence electrons. The third-order valence-corrected chi connectivity index (χ3v) is 5.39. The predicted molar refractivity (Wildman–Crippen MR) is 146 cm³/mol. The van der Waals surface area contributed by atoms with E-state index < -0.39 is 54.1 Å². The molecular weight excluding hydrogens is 622 g/mol. The van der Waals surface area contributed by atoms with Gasteiger partial charge >= 0.3 is 24.3 Å². The van der Waals surface area contributed by atoms with Crippen LogP contribution >= 0.6 is 0 Å². The number of nitrogens with zero attached hydrogens (tertiary/aromatic N) is 1. The molecule has 19 heteroatoms. The number of carboxylic acid groups (broad SMARTS) is 2. The average Bonchev–Trinajstić information content (AvgIpc) is 2.93. The van der Waals surface area contributed by atoms with E-state index in [0.717, 1.165) is 11.1 Å². The third kappa shape index (κ3) is 17.7. The summed E-state index contributed by atoms with van der Waals surface area (Å²) in [6.45, 7) is 2.00. The molecule has 10 N–H and O–H groups in total. The van der Waals surface area contributed by atoms with Crippen molar-refractivity contribution in [3.63, 3.8) is 0 Å². The molecule has 0 saturated heterocycles. The van der Waals surface area contributed by atoms with Gasteiger partial charge in [-0.1, -0.05) is 36.4 Å². The van der Waals surface area contributed by atoms with Crippen LogP contribution in [0.25, 0.3) is 0 Å². The van der Waals surface area contributed by atoms with Crippen LogP contribution in [0.15, 0.2) is 42.5 Å². The first-order valence-electron chi connectivity index (χ1n) is 12.6. The lowest BCUT2D eigenvalue weighted by Gasteiger charge is -2.20. The van der Waals surface area contributed by atoms with Gasteiger partial charge in [0.15, 0.2) is 0 Å². The second-order valence-electron chi connectivity index (χ2n) is 9.00. The van der Waals surface area contributed by atoms with Gasteiger partial charge in [-0.15, -0.1) is 0 Å². The van der Waals surface area contributed by atoms with E-state index in [4.69, 9.17) is 37.0 Å². The fourth-order valence-electron chi connectivity index (χ4n) is 3.03. The second-order valence-corrected chi connectivity index (χ2v) is 9.00. The second kappa shape index (κ2) is 18.7. The molecule has 0 fully saturated rings. The maximum absolute atomic E-state index is 12.7. The summed E-state index contributed by atoms with van der Waals surface area (Å²) >= 11 is 0. The van der Waals surface area contributed by atoms with Crippen LogP contribution in [0.3, 0.4) is 0 Å². The molecule has 0 aliphatic heterocycles. The van der Waals surface area contributed by atoms with Crippen LogP contribution in [0, 0.1) is 6.92 Å². The number of pyridine rings is 1. The van der Waals surface area contributed by atoms with Gasteiger partial charge in [-0.05, 0) is 43.4 Å². The highest BCUT2D eigenvalue weighted by atomic mass is 19.4. The number of benzene rings is 1. The smallest absolute Gasteiger partial charge is 0.475 e. The Bertz CT molecular complexity index is 1270. The van der Waals surface area contributed by atoms with Crippen molar-refractivity contribution < 1.29 is 60.5 Å². The number of carbonyl (C=O) groups excluding carboxylic acids is 3. The molecule has 45 heavy (non-hydrogen) atoms. The van der Waals surface area contributed by atoms with Crippen molar-refractivity contribution >= 4 is 35.5 Å². The quantitative estimate of drug-likeness (QED) is 0.173. The lowest BCUT2D eigenvalue weighted by molar-refractivity contribution is -0.193. The Kier molecular flexibility index (Phi) is 16.6. The lowest BCUT2D eigenvalue weighted by atomic mass is 10.0. The molecule has 0 radical (unpaired) electrons. The number of primary amides is 1. The zero-order chi connectivity index (χ0) is 35.0. The van der Waals surface area contributed by atoms with Crippen molar-refractivity contribution in [2.75, 3.05) is 5.73 Å². The Morgan fingerprint density at radius 1 is 0.867 bits per heavy atom. The summed E-state index contributed by atoms with van der Waals surface area (Å²) in [4.78, 5) is 58.4. The highest BCUT2D eigenvalue weighted by Gasteiger charge is 2.38. The first-order valence-corrected chi connectivity index (χ1v) is 12.6. The monoisotopic (exact) mass is 654 g/mol. The summed E-state index contributed by atoms with van der Waals surface area (Å²) in [7, 11) is 0. The first-order chi connectivity index (χ1) is 20.6. The normalized spacial score (nSPS) is 12.2. The zero-order valence-corrected chi connectivity index (χ0v) is 23.6. The molecule has 13 nitrogen and oxygen atoms in total. The van der Waals surface area contributed by atoms with Crippen molar-refractivity contribution in [3.8, 4) is 0 Å². The maximum atomic E-state index is 12.7. The Morgan fingerprint density at radius 3 is 1.82 bits per heavy atom. The van der Waals surface area contributed by atoms with Crippen LogP contribution in [0.1, 0.15) is 36.1 Å². The molecular formula is C26H32F6N6O7. The summed E-state index contributed by atoms with van der Waals surface area (Å²) in [6.07, 6.45) is -9.06. The molecule has 0 bridgehead atoms. The van der Waals surface area contributed by atoms with Gasteiger partial charge in [-0.3, -0.25) is 14.4 Å². The van der Waals surface area contributed by atoms with Gasteiger partial charge in [0.05, 0.1) is 6.04 Å². The van der Waals surface area contributed by atoms with Crippen LogP contribution in [0.5, 0.6) is 0 Å². The molecule has 3 amide bonds. The van der Waals surface area contributed by atoms with Gasteiger partial charge in [-0.25, -0.2) is 14.6 Å². The number of rotatable bonds is 11. The minimum atomic E-state index is -5.08. The number of aliphatic carboxylic acids is 2. The SMILES string of the molecule is Cc1nc(N)ccc1CNC(=O)[C@H](CCC(N)=O)NC(=O)[C@H](N)CCc1ccccc1.O=C(O)C(F)(F)F.O=C(O)C(F)(F)F. The van der Waals surface area contributed by atoms with Crippen molar-refractivity contribution in [1.29, 1.82) is 0 Å². The summed E-state index contributed by atoms with van der Waals surface area (Å²) < 4.78 is 63.5. The van der Waals surface area contributed by atoms with Crippen LogP contribution in [0.2, 0.25) is 0 Å². The van der Waals surface area contributed by atoms with Gasteiger partial charge in [0, 0.05) is 18.7 Å². The molecule has 2 rings (SSSR count). The van der Waals surface area contributed by atoms with E-state index in [1.54, 1.807) is 19.1 Å². The van der Waals surface area contributed by atoms with Crippen molar-refractivity contribution in [2.45, 2.75) is 63.6 Å². The number of carbonyl (C=O) groups is 5. The van der Waals surface area contributed by atoms with E-state index in [1.807, 2.05) is 30.3 Å². The number of alkyl halides is 6. The highest BCUT2D eigenvalue weighted by molar-refractivity contribution is 5.90. The van der Waals surface area contributed by atoms with Gasteiger partial charge in [0.2, 0.25) is 17.7 Å². The fraction of sp³-hybridized carbons (Fsp3) is 0.385. The van der Waals surface area contributed by atoms with Crippen LogP contribution < -0.4 is 27.8 Å². The highest BCUT2D eigenvalue weighted by Crippen LogP contribution is 2.14. The number of anilines is 1. The number of nitrogens with two attached hydrogens (primary N) is 3. The van der Waals surface area contributed by atoms with E-state index in [1.165, 1.54) is 0 Å². The van der Waals surface area contributed by atoms with Gasteiger partial charge < -0.3 is 38.0 Å². The summed E-state index contributed by atoms with van der Waals surface area (Å²) in [6, 6.07) is 11.4. The summed E-state index contributed by atoms with van der Waals surface area (Å²) in [5, 5.41) is 19.7. The van der Waals surface area contributed by atoms with Crippen molar-refractivity contribution in [1.82, 2.24) is 15.6 Å². The summed E-state index contributed by atoms with van der Waals surface area (Å²) in [5.74, 6) is -6.56. The van der Waals surface area contributed by atoms with E-state index in [0.29, 0.717) is 24.4 Å². The molecule has 1 aromatic carbocycles. The molecule has 0 unspecified atom stereocenters. The van der Waals surface area contributed by atoms with E-state index in [-0.39, 0.29) is 19.4 Å². The molecule has 0 aliphatic rings. The Morgan fingerprint density at radius 2 is 1.38 bits per heavy atom. The van der Waals surface area contributed by atoms with Gasteiger partial charge in [-0.2, -0.15) is 26.3 Å². The van der Waals surface area contributed by atoms with Crippen molar-refractivity contribution in [2.24, 2.45) is 11.5 Å². The number of hydrogen-bond donors (Lipinski definition) is 7. The molecule has 1 aromatic heterocycles. The molecule has 1 heterocycles. The average molecular weight is 655 g/mol. The maximum Gasteiger partial charge on any atom is 0.490 e. The Hall–Kier alpha value is -4.94. The number of halogens is 6. The topological polar surface area (TPSA) is 241 Å². The largest absolute Gasteiger partial charge is 0.490 e. The number of carboxylic acids is 2. The van der Waals surface area contributed by atoms with Crippen molar-refractivity contribution in [3.05, 3.63) is 59.3 Å². The van der Waals surface area contributed by atoms with E-state index >= 15 is 0 Å². The molecule has 0 spiro atoms. The minimum absolute atomic E-state index is 0.0416. The zero-order valence-electron chi connectivity index (χ0n) is 23.6. The van der Waals surface area contributed by atoms with Gasteiger partial charge in [0.25, 0.3) is 0 Å². The van der Waals surface area contributed by atoms with Crippen LogP contribution in [-0.4, -0.2) is 69.3 Å². The number of nitrogen functional groups attached to an aromatic ring is 1. The number of aryl methyl sites for hydroxylation is 2. The van der Waals surface area contributed by atoms with E-state index in [2.05, 4.69) is 15.6 Å². The van der Waals surface area contributed by atoms with Crippen LogP contribution in [-0.2, 0) is 36.9 Å². The Labute approximate surface area is 252 Å². The molecule has 2 aromatic rings. The number of hydrogen-bond acceptors (Lipinski definition) is 8. The fourth-order valence-corrected chi connectivity index (χ4v) is 3.03. The van der Waals surface area contributed by atoms with Gasteiger partial charge in [0.1, 0.15) is 11.9 Å². The predicted octanol–water partition coefficient (Wildman–Crippen LogP) is 1.57. The number of amides is 3. The summed E-state index contributed by atoms with van der Waals surface area (Å²) in [5.41, 5.74) is 19.4. The van der Waals surface area contributed by atoms with Crippen LogP contribution in [0.4, 0.5) is 32.2 Å². The number of aromatic nitrogens is 1.